The summed E-state index contributed by atoms with van der Waals surface area (Å²) in [6.07, 6.45) is 5.63. The molecule has 98 valence electrons. The third-order valence-electron chi connectivity index (χ3n) is 3.83. The van der Waals surface area contributed by atoms with Gasteiger partial charge in [-0.15, -0.1) is 0 Å². The maximum atomic E-state index is 11.4. The fraction of sp³-hybridized carbons (Fsp3) is 0.923. The molecule has 0 saturated heterocycles. The van der Waals surface area contributed by atoms with E-state index in [1.165, 1.54) is 12.8 Å². The molecule has 1 unspecified atom stereocenters. The van der Waals surface area contributed by atoms with Crippen LogP contribution in [0.3, 0.4) is 0 Å². The van der Waals surface area contributed by atoms with E-state index >= 15 is 0 Å². The second-order valence-corrected chi connectivity index (χ2v) is 6.01. The third-order valence-corrected chi connectivity index (χ3v) is 3.83. The van der Waals surface area contributed by atoms with Crippen LogP contribution < -0.4 is 5.32 Å². The van der Waals surface area contributed by atoms with E-state index in [0.29, 0.717) is 12.5 Å². The van der Waals surface area contributed by atoms with E-state index in [9.17, 15) is 9.90 Å². The van der Waals surface area contributed by atoms with Crippen LogP contribution >= 0.6 is 0 Å². The van der Waals surface area contributed by atoms with Gasteiger partial charge in [-0.1, -0.05) is 0 Å². The average Bonchev–Trinajstić information content (AvgIpc) is 3.10. The molecule has 1 atom stereocenters. The summed E-state index contributed by atoms with van der Waals surface area (Å²) in [7, 11) is 2.09. The zero-order valence-corrected chi connectivity index (χ0v) is 10.9. The van der Waals surface area contributed by atoms with Crippen molar-refractivity contribution >= 4 is 5.97 Å². The van der Waals surface area contributed by atoms with Crippen molar-refractivity contribution in [2.24, 2.45) is 5.92 Å². The number of carbonyl (C=O) groups is 1. The standard InChI is InChI=1S/C13H24N2O2/c1-13(12(16)17,14-11-5-6-11)7-8-15(2)9-10-3-4-10/h10-11,14H,3-9H2,1-2H3,(H,16,17). The predicted molar refractivity (Wildman–Crippen MR) is 67.0 cm³/mol. The van der Waals surface area contributed by atoms with Crippen LogP contribution in [-0.4, -0.2) is 47.7 Å². The molecule has 0 radical (unpaired) electrons. The van der Waals surface area contributed by atoms with Crippen LogP contribution in [0.25, 0.3) is 0 Å². The molecule has 0 amide bonds. The highest BCUT2D eigenvalue weighted by Crippen LogP contribution is 2.29. The fourth-order valence-corrected chi connectivity index (χ4v) is 2.17. The topological polar surface area (TPSA) is 52.6 Å². The van der Waals surface area contributed by atoms with Crippen molar-refractivity contribution in [1.82, 2.24) is 10.2 Å². The molecule has 0 spiro atoms. The molecule has 2 saturated carbocycles. The molecular weight excluding hydrogens is 216 g/mol. The Morgan fingerprint density at radius 2 is 2.06 bits per heavy atom. The third kappa shape index (κ3) is 3.96. The second kappa shape index (κ2) is 4.94. The van der Waals surface area contributed by atoms with Gasteiger partial charge in [0.25, 0.3) is 0 Å². The van der Waals surface area contributed by atoms with E-state index < -0.39 is 11.5 Å². The van der Waals surface area contributed by atoms with Crippen LogP contribution in [-0.2, 0) is 4.79 Å². The first kappa shape index (κ1) is 12.8. The Balaban J connectivity index is 1.76. The molecule has 0 bridgehead atoms. The molecule has 0 aliphatic heterocycles. The van der Waals surface area contributed by atoms with Crippen molar-refractivity contribution < 1.29 is 9.90 Å². The summed E-state index contributed by atoms with van der Waals surface area (Å²) in [5, 5.41) is 12.6. The van der Waals surface area contributed by atoms with Crippen molar-refractivity contribution in [2.45, 2.75) is 50.6 Å². The maximum absolute atomic E-state index is 11.4. The van der Waals surface area contributed by atoms with Crippen molar-refractivity contribution in [1.29, 1.82) is 0 Å². The molecule has 2 N–H and O–H groups in total. The van der Waals surface area contributed by atoms with Crippen molar-refractivity contribution in [3.05, 3.63) is 0 Å². The van der Waals surface area contributed by atoms with Gasteiger partial charge in [-0.05, 0) is 52.0 Å². The SMILES string of the molecule is CN(CCC(C)(NC1CC1)C(=O)O)CC1CC1. The largest absolute Gasteiger partial charge is 0.480 e. The van der Waals surface area contributed by atoms with Gasteiger partial charge in [0, 0.05) is 19.1 Å². The summed E-state index contributed by atoms with van der Waals surface area (Å²) < 4.78 is 0. The number of nitrogens with zero attached hydrogens (tertiary/aromatic N) is 1. The Hall–Kier alpha value is -0.610. The Bertz CT molecular complexity index is 287. The number of carboxylic acid groups (broad SMARTS) is 1. The molecular formula is C13H24N2O2. The highest BCUT2D eigenvalue weighted by molar-refractivity contribution is 5.78. The lowest BCUT2D eigenvalue weighted by Crippen LogP contribution is -2.52. The molecule has 2 aliphatic rings. The minimum absolute atomic E-state index is 0.435. The van der Waals surface area contributed by atoms with Gasteiger partial charge < -0.3 is 10.0 Å². The van der Waals surface area contributed by atoms with Crippen LogP contribution in [0.4, 0.5) is 0 Å². The number of nitrogens with one attached hydrogen (secondary N) is 1. The quantitative estimate of drug-likeness (QED) is 0.672. The molecule has 0 heterocycles. The van der Waals surface area contributed by atoms with Gasteiger partial charge in [0.15, 0.2) is 0 Å². The van der Waals surface area contributed by atoms with Crippen LogP contribution in [0.15, 0.2) is 0 Å². The minimum Gasteiger partial charge on any atom is -0.480 e. The zero-order valence-electron chi connectivity index (χ0n) is 10.9. The smallest absolute Gasteiger partial charge is 0.323 e. The Labute approximate surface area is 103 Å². The summed E-state index contributed by atoms with van der Waals surface area (Å²) in [5.74, 6) is 0.150. The van der Waals surface area contributed by atoms with Gasteiger partial charge in [0.1, 0.15) is 5.54 Å². The number of hydrogen-bond donors (Lipinski definition) is 2. The molecule has 2 aliphatic carbocycles. The van der Waals surface area contributed by atoms with E-state index in [-0.39, 0.29) is 0 Å². The van der Waals surface area contributed by atoms with Gasteiger partial charge >= 0.3 is 5.97 Å². The van der Waals surface area contributed by atoms with E-state index in [2.05, 4.69) is 17.3 Å². The molecule has 2 fully saturated rings. The van der Waals surface area contributed by atoms with Crippen LogP contribution in [0, 0.1) is 5.92 Å². The molecule has 2 rings (SSSR count). The summed E-state index contributed by atoms with van der Waals surface area (Å²) in [4.78, 5) is 13.6. The van der Waals surface area contributed by atoms with Gasteiger partial charge in [-0.2, -0.15) is 0 Å². The normalized spacial score (nSPS) is 23.7. The Morgan fingerprint density at radius 1 is 1.41 bits per heavy atom. The van der Waals surface area contributed by atoms with Gasteiger partial charge in [0.2, 0.25) is 0 Å². The van der Waals surface area contributed by atoms with E-state index in [1.54, 1.807) is 0 Å². The molecule has 0 aromatic heterocycles. The van der Waals surface area contributed by atoms with Crippen molar-refractivity contribution in [2.75, 3.05) is 20.1 Å². The average molecular weight is 240 g/mol. The highest BCUT2D eigenvalue weighted by atomic mass is 16.4. The number of hydrogen-bond acceptors (Lipinski definition) is 3. The first-order valence-corrected chi connectivity index (χ1v) is 6.69. The Morgan fingerprint density at radius 3 is 2.53 bits per heavy atom. The molecule has 4 nitrogen and oxygen atoms in total. The summed E-state index contributed by atoms with van der Waals surface area (Å²) in [6.45, 7) is 3.80. The molecule has 17 heavy (non-hydrogen) atoms. The zero-order chi connectivity index (χ0) is 12.5. The van der Waals surface area contributed by atoms with Crippen molar-refractivity contribution in [3.8, 4) is 0 Å². The summed E-state index contributed by atoms with van der Waals surface area (Å²) in [5.41, 5.74) is -0.751. The lowest BCUT2D eigenvalue weighted by Gasteiger charge is -2.28. The van der Waals surface area contributed by atoms with Crippen molar-refractivity contribution in [3.63, 3.8) is 0 Å². The van der Waals surface area contributed by atoms with Crippen LogP contribution in [0.2, 0.25) is 0 Å². The van der Waals surface area contributed by atoms with E-state index in [0.717, 1.165) is 31.8 Å². The Kier molecular flexibility index (Phi) is 3.73. The lowest BCUT2D eigenvalue weighted by atomic mass is 9.97. The van der Waals surface area contributed by atoms with E-state index in [1.807, 2.05) is 6.92 Å². The maximum Gasteiger partial charge on any atom is 0.323 e. The molecule has 0 aromatic rings. The van der Waals surface area contributed by atoms with E-state index in [4.69, 9.17) is 0 Å². The first-order valence-electron chi connectivity index (χ1n) is 6.69. The van der Waals surface area contributed by atoms with Crippen LogP contribution in [0.5, 0.6) is 0 Å². The van der Waals surface area contributed by atoms with Gasteiger partial charge in [0.05, 0.1) is 0 Å². The number of aliphatic carboxylic acids is 1. The fourth-order valence-electron chi connectivity index (χ4n) is 2.17. The second-order valence-electron chi connectivity index (χ2n) is 6.01. The molecule has 0 aromatic carbocycles. The first-order chi connectivity index (χ1) is 7.99. The predicted octanol–water partition coefficient (Wildman–Crippen LogP) is 1.31. The number of rotatable bonds is 8. The van der Waals surface area contributed by atoms with Gasteiger partial charge in [-0.25, -0.2) is 0 Å². The summed E-state index contributed by atoms with van der Waals surface area (Å²) >= 11 is 0. The summed E-state index contributed by atoms with van der Waals surface area (Å²) in [6, 6.07) is 0.435. The highest BCUT2D eigenvalue weighted by Gasteiger charge is 2.38. The van der Waals surface area contributed by atoms with Crippen LogP contribution in [0.1, 0.15) is 39.0 Å². The molecule has 4 heteroatoms. The lowest BCUT2D eigenvalue weighted by molar-refractivity contribution is -0.144. The minimum atomic E-state index is -0.751. The van der Waals surface area contributed by atoms with Gasteiger partial charge in [-0.3, -0.25) is 10.1 Å². The number of carboxylic acids is 1. The monoisotopic (exact) mass is 240 g/mol.